The molecule has 2 heterocycles. The van der Waals surface area contributed by atoms with Gasteiger partial charge in [0.2, 0.25) is 5.88 Å². The van der Waals surface area contributed by atoms with Gasteiger partial charge in [0, 0.05) is 36.9 Å². The first-order valence-electron chi connectivity index (χ1n) is 8.77. The van der Waals surface area contributed by atoms with Gasteiger partial charge >= 0.3 is 0 Å². The molecule has 3 aromatic rings. The van der Waals surface area contributed by atoms with Crippen LogP contribution >= 0.6 is 0 Å². The van der Waals surface area contributed by atoms with E-state index < -0.39 is 0 Å². The molecule has 6 nitrogen and oxygen atoms in total. The lowest BCUT2D eigenvalue weighted by molar-refractivity contribution is 0.0975. The summed E-state index contributed by atoms with van der Waals surface area (Å²) in [5.74, 6) is 1.22. The van der Waals surface area contributed by atoms with E-state index in [9.17, 15) is 4.79 Å². The largest absolute Gasteiger partial charge is 0.471 e. The third-order valence-corrected chi connectivity index (χ3v) is 4.58. The van der Waals surface area contributed by atoms with Gasteiger partial charge in [-0.05, 0) is 24.8 Å². The Morgan fingerprint density at radius 2 is 2.00 bits per heavy atom. The Morgan fingerprint density at radius 1 is 1.19 bits per heavy atom. The fourth-order valence-corrected chi connectivity index (χ4v) is 2.83. The Labute approximate surface area is 151 Å². The summed E-state index contributed by atoms with van der Waals surface area (Å²) in [5, 5.41) is 8.33. The van der Waals surface area contributed by atoms with Crippen molar-refractivity contribution >= 4 is 5.78 Å². The predicted molar refractivity (Wildman–Crippen MR) is 96.7 cm³/mol. The molecule has 2 aromatic heterocycles. The van der Waals surface area contributed by atoms with E-state index in [2.05, 4.69) is 15.3 Å². The van der Waals surface area contributed by atoms with Crippen LogP contribution in [0, 0.1) is 5.92 Å². The normalized spacial score (nSPS) is 13.6. The summed E-state index contributed by atoms with van der Waals surface area (Å²) in [6.07, 6.45) is 4.56. The molecule has 1 saturated carbocycles. The Kier molecular flexibility index (Phi) is 4.48. The Balaban J connectivity index is 1.44. The Bertz CT molecular complexity index is 899. The molecule has 0 unspecified atom stereocenters. The lowest BCUT2D eigenvalue weighted by atomic mass is 10.1. The molecule has 1 aliphatic rings. The molecule has 1 fully saturated rings. The second kappa shape index (κ2) is 7.07. The van der Waals surface area contributed by atoms with Crippen molar-refractivity contribution in [3.63, 3.8) is 0 Å². The summed E-state index contributed by atoms with van der Waals surface area (Å²) in [6.45, 7) is 0.302. The highest BCUT2D eigenvalue weighted by molar-refractivity contribution is 5.96. The van der Waals surface area contributed by atoms with Gasteiger partial charge in [0.1, 0.15) is 18.0 Å². The number of pyridine rings is 1. The van der Waals surface area contributed by atoms with Crippen LogP contribution in [-0.2, 0) is 13.7 Å². The topological polar surface area (TPSA) is 69.9 Å². The molecule has 0 N–H and O–H groups in total. The summed E-state index contributed by atoms with van der Waals surface area (Å²) in [4.78, 5) is 16.4. The number of hydrogen-bond donors (Lipinski definition) is 0. The molecule has 0 spiro atoms. The van der Waals surface area contributed by atoms with Crippen molar-refractivity contribution in [2.45, 2.75) is 25.9 Å². The molecular formula is C20H20N4O2. The number of ether oxygens (including phenoxy) is 1. The third-order valence-electron chi connectivity index (χ3n) is 4.58. The lowest BCUT2D eigenvalue weighted by Crippen LogP contribution is -2.06. The average molecular weight is 348 g/mol. The summed E-state index contributed by atoms with van der Waals surface area (Å²) in [5.41, 5.74) is 3.31. The number of carbonyl (C=O) groups is 1. The number of ketones is 1. The zero-order valence-electron chi connectivity index (χ0n) is 14.6. The van der Waals surface area contributed by atoms with Crippen molar-refractivity contribution in [3.8, 4) is 17.1 Å². The third kappa shape index (κ3) is 3.64. The van der Waals surface area contributed by atoms with Crippen LogP contribution < -0.4 is 4.74 Å². The van der Waals surface area contributed by atoms with E-state index in [1.54, 1.807) is 23.0 Å². The number of aromatic nitrogens is 4. The maximum atomic E-state index is 12.1. The molecule has 0 atom stereocenters. The fourth-order valence-electron chi connectivity index (χ4n) is 2.83. The average Bonchev–Trinajstić information content (AvgIpc) is 3.41. The molecular weight excluding hydrogens is 328 g/mol. The van der Waals surface area contributed by atoms with Gasteiger partial charge in [-0.15, -0.1) is 5.10 Å². The molecule has 26 heavy (non-hydrogen) atoms. The highest BCUT2D eigenvalue weighted by atomic mass is 16.5. The zero-order chi connectivity index (χ0) is 17.9. The molecule has 0 bridgehead atoms. The molecule has 6 heteroatoms. The van der Waals surface area contributed by atoms with Gasteiger partial charge < -0.3 is 4.74 Å². The van der Waals surface area contributed by atoms with Crippen LogP contribution in [0.15, 0.2) is 48.7 Å². The zero-order valence-corrected chi connectivity index (χ0v) is 14.6. The number of aryl methyl sites for hydroxylation is 1. The first-order valence-corrected chi connectivity index (χ1v) is 8.77. The van der Waals surface area contributed by atoms with Crippen LogP contribution in [0.25, 0.3) is 11.3 Å². The van der Waals surface area contributed by atoms with E-state index in [1.807, 2.05) is 37.4 Å². The van der Waals surface area contributed by atoms with Gasteiger partial charge in [-0.25, -0.2) is 9.67 Å². The quantitative estimate of drug-likeness (QED) is 0.612. The number of carbonyl (C=O) groups excluding carboxylic acids is 1. The highest BCUT2D eigenvalue weighted by Gasteiger charge is 2.25. The SMILES string of the molecule is Cn1nnc(-c2ccccc2)c1COc1ccc(C(=O)CC2CC2)cn1. The number of nitrogens with zero attached hydrogens (tertiary/aromatic N) is 4. The Hall–Kier alpha value is -3.02. The van der Waals surface area contributed by atoms with Crippen LogP contribution in [-0.4, -0.2) is 25.8 Å². The van der Waals surface area contributed by atoms with Crippen LogP contribution in [0.1, 0.15) is 35.3 Å². The molecule has 0 saturated heterocycles. The molecule has 0 aliphatic heterocycles. The summed E-state index contributed by atoms with van der Waals surface area (Å²) in [6, 6.07) is 13.4. The van der Waals surface area contributed by atoms with Gasteiger partial charge in [-0.1, -0.05) is 35.5 Å². The molecule has 4 rings (SSSR count). The van der Waals surface area contributed by atoms with Gasteiger partial charge in [0.25, 0.3) is 0 Å². The van der Waals surface area contributed by atoms with Crippen molar-refractivity contribution < 1.29 is 9.53 Å². The van der Waals surface area contributed by atoms with E-state index >= 15 is 0 Å². The van der Waals surface area contributed by atoms with E-state index in [0.717, 1.165) is 17.0 Å². The van der Waals surface area contributed by atoms with Crippen molar-refractivity contribution in [2.75, 3.05) is 0 Å². The lowest BCUT2D eigenvalue weighted by Gasteiger charge is -2.08. The fraction of sp³-hybridized carbons (Fsp3) is 0.300. The van der Waals surface area contributed by atoms with Gasteiger partial charge in [0.15, 0.2) is 5.78 Å². The summed E-state index contributed by atoms with van der Waals surface area (Å²) >= 11 is 0. The van der Waals surface area contributed by atoms with Gasteiger partial charge in [-0.2, -0.15) is 0 Å². The van der Waals surface area contributed by atoms with Crippen LogP contribution in [0.2, 0.25) is 0 Å². The van der Waals surface area contributed by atoms with Crippen LogP contribution in [0.4, 0.5) is 0 Å². The highest BCUT2D eigenvalue weighted by Crippen LogP contribution is 2.33. The molecule has 0 radical (unpaired) electrons. The minimum Gasteiger partial charge on any atom is -0.471 e. The minimum atomic E-state index is 0.161. The first kappa shape index (κ1) is 16.4. The molecule has 1 aliphatic carbocycles. The number of rotatable bonds is 7. The van der Waals surface area contributed by atoms with Gasteiger partial charge in [-0.3, -0.25) is 4.79 Å². The summed E-state index contributed by atoms with van der Waals surface area (Å²) in [7, 11) is 1.84. The first-order chi connectivity index (χ1) is 12.7. The molecule has 132 valence electrons. The van der Waals surface area contributed by atoms with E-state index in [-0.39, 0.29) is 5.78 Å². The second-order valence-electron chi connectivity index (χ2n) is 6.62. The monoisotopic (exact) mass is 348 g/mol. The van der Waals surface area contributed by atoms with Crippen molar-refractivity contribution in [3.05, 3.63) is 59.9 Å². The standard InChI is InChI=1S/C20H20N4O2/c1-24-17(20(22-23-24)15-5-3-2-4-6-15)13-26-19-10-9-16(12-21-19)18(25)11-14-7-8-14/h2-6,9-10,12,14H,7-8,11,13H2,1H3. The molecule has 0 amide bonds. The maximum Gasteiger partial charge on any atom is 0.213 e. The van der Waals surface area contributed by atoms with E-state index in [1.165, 1.54) is 12.8 Å². The van der Waals surface area contributed by atoms with Crippen LogP contribution in [0.3, 0.4) is 0 Å². The summed E-state index contributed by atoms with van der Waals surface area (Å²) < 4.78 is 7.50. The Morgan fingerprint density at radius 3 is 2.69 bits per heavy atom. The van der Waals surface area contributed by atoms with Gasteiger partial charge in [0.05, 0.1) is 0 Å². The van der Waals surface area contributed by atoms with Crippen molar-refractivity contribution in [1.29, 1.82) is 0 Å². The van der Waals surface area contributed by atoms with E-state index in [4.69, 9.17) is 4.74 Å². The molecule has 1 aromatic carbocycles. The predicted octanol–water partition coefficient (Wildman–Crippen LogP) is 3.44. The van der Waals surface area contributed by atoms with Crippen LogP contribution in [0.5, 0.6) is 5.88 Å². The maximum absolute atomic E-state index is 12.1. The minimum absolute atomic E-state index is 0.161. The number of hydrogen-bond acceptors (Lipinski definition) is 5. The second-order valence-corrected chi connectivity index (χ2v) is 6.62. The van der Waals surface area contributed by atoms with Crippen molar-refractivity contribution in [2.24, 2.45) is 13.0 Å². The smallest absolute Gasteiger partial charge is 0.213 e. The number of benzene rings is 1. The number of Topliss-reactive ketones (excluding diaryl/α,β-unsaturated/α-hetero) is 1. The van der Waals surface area contributed by atoms with E-state index in [0.29, 0.717) is 30.4 Å². The van der Waals surface area contributed by atoms with Crippen molar-refractivity contribution in [1.82, 2.24) is 20.0 Å².